The number of aromatic nitrogens is 1. The number of nitrogens with zero attached hydrogens (tertiary/aromatic N) is 3. The Labute approximate surface area is 166 Å². The first-order valence-corrected chi connectivity index (χ1v) is 9.11. The third-order valence-corrected chi connectivity index (χ3v) is 5.23. The standard InChI is InChI=1S/C18H13N3O7S/c1-26-16(22)8-20-12-6-13-14(28-9-27-13)7-15(12)29-18(20)19-17(23)10-3-2-4-11(5-10)21(24)25/h2-7H,8-9H2,1H3. The highest BCUT2D eigenvalue weighted by molar-refractivity contribution is 7.16. The maximum absolute atomic E-state index is 12.6. The van der Waals surface area contributed by atoms with Crippen LogP contribution in [0.15, 0.2) is 41.4 Å². The van der Waals surface area contributed by atoms with Gasteiger partial charge in [0.05, 0.1) is 22.2 Å². The van der Waals surface area contributed by atoms with E-state index in [9.17, 15) is 19.7 Å². The number of methoxy groups -OCH3 is 1. The second-order valence-electron chi connectivity index (χ2n) is 5.94. The number of fused-ring (bicyclic) bond motifs is 2. The Morgan fingerprint density at radius 1 is 1.28 bits per heavy atom. The molecule has 10 nitrogen and oxygen atoms in total. The molecule has 0 aliphatic carbocycles. The van der Waals surface area contributed by atoms with Gasteiger partial charge in [0.2, 0.25) is 6.79 Å². The molecule has 0 radical (unpaired) electrons. The lowest BCUT2D eigenvalue weighted by Gasteiger charge is -2.04. The molecule has 0 N–H and O–H groups in total. The van der Waals surface area contributed by atoms with E-state index in [0.717, 1.165) is 10.8 Å². The largest absolute Gasteiger partial charge is 0.468 e. The molecule has 4 rings (SSSR count). The molecule has 0 fully saturated rings. The Morgan fingerprint density at radius 2 is 2.03 bits per heavy atom. The molecule has 3 aromatic rings. The monoisotopic (exact) mass is 415 g/mol. The molecule has 11 heteroatoms. The molecule has 0 saturated heterocycles. The van der Waals surface area contributed by atoms with Crippen LogP contribution in [0.25, 0.3) is 10.2 Å². The molecule has 0 spiro atoms. The number of esters is 1. The highest BCUT2D eigenvalue weighted by Gasteiger charge is 2.19. The zero-order chi connectivity index (χ0) is 20.5. The summed E-state index contributed by atoms with van der Waals surface area (Å²) in [6, 6.07) is 8.73. The number of carbonyl (C=O) groups is 2. The molecule has 0 bridgehead atoms. The van der Waals surface area contributed by atoms with Crippen molar-refractivity contribution in [3.8, 4) is 11.5 Å². The number of hydrogen-bond donors (Lipinski definition) is 0. The smallest absolute Gasteiger partial charge is 0.325 e. The van der Waals surface area contributed by atoms with Crippen molar-refractivity contribution in [3.63, 3.8) is 0 Å². The molecular weight excluding hydrogens is 402 g/mol. The summed E-state index contributed by atoms with van der Waals surface area (Å²) in [6.45, 7) is -0.0662. The van der Waals surface area contributed by atoms with Gasteiger partial charge in [0.25, 0.3) is 11.6 Å². The first kappa shape index (κ1) is 18.6. The van der Waals surface area contributed by atoms with Gasteiger partial charge in [-0.15, -0.1) is 0 Å². The van der Waals surface area contributed by atoms with Crippen LogP contribution in [0.2, 0.25) is 0 Å². The summed E-state index contributed by atoms with van der Waals surface area (Å²) in [7, 11) is 1.26. The number of rotatable bonds is 4. The van der Waals surface area contributed by atoms with E-state index in [4.69, 9.17) is 14.2 Å². The summed E-state index contributed by atoms with van der Waals surface area (Å²) in [5, 5.41) is 10.9. The van der Waals surface area contributed by atoms with E-state index in [1.165, 1.54) is 41.2 Å². The number of ether oxygens (including phenoxy) is 3. The quantitative estimate of drug-likeness (QED) is 0.364. The van der Waals surface area contributed by atoms with Gasteiger partial charge in [-0.3, -0.25) is 19.7 Å². The van der Waals surface area contributed by atoms with Crippen LogP contribution in [0.5, 0.6) is 11.5 Å². The van der Waals surface area contributed by atoms with Crippen LogP contribution in [0.1, 0.15) is 10.4 Å². The molecule has 1 aromatic heterocycles. The number of non-ortho nitro benzene ring substituents is 1. The van der Waals surface area contributed by atoms with E-state index in [1.807, 2.05) is 0 Å². The molecule has 1 aliphatic heterocycles. The fourth-order valence-corrected chi connectivity index (χ4v) is 3.83. The highest BCUT2D eigenvalue weighted by Crippen LogP contribution is 2.37. The first-order chi connectivity index (χ1) is 14.0. The van der Waals surface area contributed by atoms with Crippen LogP contribution in [0, 0.1) is 10.1 Å². The number of nitro benzene ring substituents is 1. The predicted molar refractivity (Wildman–Crippen MR) is 101 cm³/mol. The van der Waals surface area contributed by atoms with Gasteiger partial charge in [-0.1, -0.05) is 17.4 Å². The number of carbonyl (C=O) groups excluding carboxylic acids is 2. The second-order valence-corrected chi connectivity index (χ2v) is 6.95. The van der Waals surface area contributed by atoms with Gasteiger partial charge in [0.1, 0.15) is 6.54 Å². The van der Waals surface area contributed by atoms with Crippen LogP contribution in [0.4, 0.5) is 5.69 Å². The maximum Gasteiger partial charge on any atom is 0.325 e. The predicted octanol–water partition coefficient (Wildman–Crippen LogP) is 2.25. The zero-order valence-electron chi connectivity index (χ0n) is 15.0. The van der Waals surface area contributed by atoms with Crippen LogP contribution < -0.4 is 14.3 Å². The third kappa shape index (κ3) is 3.55. The molecule has 1 aliphatic rings. The fourth-order valence-electron chi connectivity index (χ4n) is 2.80. The summed E-state index contributed by atoms with van der Waals surface area (Å²) in [4.78, 5) is 39.2. The van der Waals surface area contributed by atoms with E-state index in [-0.39, 0.29) is 29.4 Å². The van der Waals surface area contributed by atoms with Crippen molar-refractivity contribution in [2.75, 3.05) is 13.9 Å². The number of amides is 1. The van der Waals surface area contributed by atoms with Gasteiger partial charge in [0, 0.05) is 29.8 Å². The first-order valence-electron chi connectivity index (χ1n) is 8.29. The molecule has 29 heavy (non-hydrogen) atoms. The maximum atomic E-state index is 12.6. The minimum Gasteiger partial charge on any atom is -0.468 e. The Bertz CT molecular complexity index is 1230. The van der Waals surface area contributed by atoms with Crippen LogP contribution in [-0.2, 0) is 16.1 Å². The average Bonchev–Trinajstić information content (AvgIpc) is 3.30. The Kier molecular flexibility index (Phi) is 4.72. The van der Waals surface area contributed by atoms with Crippen molar-refractivity contribution >= 4 is 39.1 Å². The number of nitro groups is 1. The van der Waals surface area contributed by atoms with E-state index in [1.54, 1.807) is 12.1 Å². The Morgan fingerprint density at radius 3 is 2.76 bits per heavy atom. The SMILES string of the molecule is COC(=O)Cn1c(=NC(=O)c2cccc([N+](=O)[O-])c2)sc2cc3c(cc21)OCO3. The molecule has 2 heterocycles. The summed E-state index contributed by atoms with van der Waals surface area (Å²) in [5.41, 5.74) is 0.473. The van der Waals surface area contributed by atoms with Crippen molar-refractivity contribution in [1.82, 2.24) is 4.57 Å². The summed E-state index contributed by atoms with van der Waals surface area (Å²) in [5.74, 6) is -0.114. The van der Waals surface area contributed by atoms with E-state index in [2.05, 4.69) is 4.99 Å². The van der Waals surface area contributed by atoms with Crippen molar-refractivity contribution in [2.24, 2.45) is 4.99 Å². The topological polar surface area (TPSA) is 122 Å². The third-order valence-electron chi connectivity index (χ3n) is 4.19. The van der Waals surface area contributed by atoms with Gasteiger partial charge in [-0.05, 0) is 6.07 Å². The number of thiazole rings is 1. The van der Waals surface area contributed by atoms with Gasteiger partial charge < -0.3 is 18.8 Å². The number of hydrogen-bond acceptors (Lipinski definition) is 8. The molecule has 0 saturated carbocycles. The lowest BCUT2D eigenvalue weighted by Crippen LogP contribution is -2.22. The molecule has 1 amide bonds. The average molecular weight is 415 g/mol. The highest BCUT2D eigenvalue weighted by atomic mass is 32.1. The summed E-state index contributed by atoms with van der Waals surface area (Å²) >= 11 is 1.17. The zero-order valence-corrected chi connectivity index (χ0v) is 15.8. The van der Waals surface area contributed by atoms with Crippen LogP contribution in [-0.4, -0.2) is 35.3 Å². The summed E-state index contributed by atoms with van der Waals surface area (Å²) in [6.07, 6.45) is 0. The van der Waals surface area contributed by atoms with E-state index in [0.29, 0.717) is 17.0 Å². The van der Waals surface area contributed by atoms with E-state index < -0.39 is 16.8 Å². The van der Waals surface area contributed by atoms with Gasteiger partial charge in [-0.25, -0.2) is 0 Å². The van der Waals surface area contributed by atoms with Gasteiger partial charge in [-0.2, -0.15) is 4.99 Å². The molecular formula is C18H13N3O7S. The second kappa shape index (κ2) is 7.36. The van der Waals surface area contributed by atoms with Crippen molar-refractivity contribution in [2.45, 2.75) is 6.54 Å². The van der Waals surface area contributed by atoms with Crippen molar-refractivity contribution < 1.29 is 28.7 Å². The molecule has 0 unspecified atom stereocenters. The van der Waals surface area contributed by atoms with Gasteiger partial charge >= 0.3 is 5.97 Å². The van der Waals surface area contributed by atoms with E-state index >= 15 is 0 Å². The van der Waals surface area contributed by atoms with Crippen molar-refractivity contribution in [3.05, 3.63) is 56.9 Å². The van der Waals surface area contributed by atoms with Crippen LogP contribution in [0.3, 0.4) is 0 Å². The molecule has 0 atom stereocenters. The fraction of sp³-hybridized carbons (Fsp3) is 0.167. The molecule has 148 valence electrons. The lowest BCUT2D eigenvalue weighted by atomic mass is 10.2. The number of benzene rings is 2. The Hall–Kier alpha value is -3.73. The minimum atomic E-state index is -0.668. The van der Waals surface area contributed by atoms with Gasteiger partial charge in [0.15, 0.2) is 16.3 Å². The normalized spacial score (nSPS) is 12.9. The Balaban J connectivity index is 1.84. The lowest BCUT2D eigenvalue weighted by molar-refractivity contribution is -0.384. The molecule has 2 aromatic carbocycles. The van der Waals surface area contributed by atoms with Crippen molar-refractivity contribution in [1.29, 1.82) is 0 Å². The summed E-state index contributed by atoms with van der Waals surface area (Å²) < 4.78 is 17.7. The van der Waals surface area contributed by atoms with Crippen LogP contribution >= 0.6 is 11.3 Å². The minimum absolute atomic E-state index is 0.0652.